The van der Waals surface area contributed by atoms with E-state index in [9.17, 15) is 20.1 Å². The van der Waals surface area contributed by atoms with Crippen molar-refractivity contribution in [2.24, 2.45) is 23.5 Å². The first-order valence-corrected chi connectivity index (χ1v) is 7.81. The summed E-state index contributed by atoms with van der Waals surface area (Å²) in [6.45, 7) is 1.63. The van der Waals surface area contributed by atoms with Gasteiger partial charge in [0.2, 0.25) is 0 Å². The van der Waals surface area contributed by atoms with Gasteiger partial charge in [-0.2, -0.15) is 0 Å². The number of aliphatic hydroxyl groups excluding tert-OH is 3. The summed E-state index contributed by atoms with van der Waals surface area (Å²) >= 11 is 0. The molecule has 0 aromatic rings. The quantitative estimate of drug-likeness (QED) is 0.432. The Labute approximate surface area is 126 Å². The molecule has 0 amide bonds. The zero-order chi connectivity index (χ0) is 16.0. The van der Waals surface area contributed by atoms with Crippen molar-refractivity contribution < 1.29 is 25.2 Å². The molecule has 0 aliphatic heterocycles. The molecule has 0 spiro atoms. The van der Waals surface area contributed by atoms with Crippen LogP contribution in [0.4, 0.5) is 0 Å². The molecule has 6 heteroatoms. The van der Waals surface area contributed by atoms with Crippen LogP contribution in [0.1, 0.15) is 45.4 Å². The SMILES string of the molecule is CC(N)CCCC1CCC(CC(=O)O)C(CO)C(O)C1O. The highest BCUT2D eigenvalue weighted by Crippen LogP contribution is 2.36. The maximum atomic E-state index is 10.9. The van der Waals surface area contributed by atoms with Crippen LogP contribution in [0.5, 0.6) is 0 Å². The van der Waals surface area contributed by atoms with Crippen LogP contribution >= 0.6 is 0 Å². The summed E-state index contributed by atoms with van der Waals surface area (Å²) in [7, 11) is 0. The Balaban J connectivity index is 2.68. The third-order valence-corrected chi connectivity index (χ3v) is 4.67. The number of carboxylic acid groups (broad SMARTS) is 1. The van der Waals surface area contributed by atoms with Crippen LogP contribution in [0.15, 0.2) is 0 Å². The van der Waals surface area contributed by atoms with Crippen LogP contribution in [0, 0.1) is 17.8 Å². The molecule has 6 atom stereocenters. The summed E-state index contributed by atoms with van der Waals surface area (Å²) in [5.74, 6) is -1.87. The summed E-state index contributed by atoms with van der Waals surface area (Å²) in [5.41, 5.74) is 5.71. The monoisotopic (exact) mass is 303 g/mol. The van der Waals surface area contributed by atoms with Gasteiger partial charge in [0.05, 0.1) is 12.2 Å². The van der Waals surface area contributed by atoms with Gasteiger partial charge in [-0.25, -0.2) is 0 Å². The van der Waals surface area contributed by atoms with Gasteiger partial charge in [0.25, 0.3) is 0 Å². The average molecular weight is 303 g/mol. The molecule has 0 aromatic heterocycles. The molecule has 1 aliphatic rings. The Morgan fingerprint density at radius 2 is 1.86 bits per heavy atom. The average Bonchev–Trinajstić information content (AvgIpc) is 2.50. The van der Waals surface area contributed by atoms with Crippen molar-refractivity contribution in [2.75, 3.05) is 6.61 Å². The number of hydrogen-bond acceptors (Lipinski definition) is 5. The van der Waals surface area contributed by atoms with Crippen molar-refractivity contribution in [3.05, 3.63) is 0 Å². The molecule has 0 heterocycles. The molecule has 1 aliphatic carbocycles. The second-order valence-corrected chi connectivity index (χ2v) is 6.43. The molecule has 6 N–H and O–H groups in total. The third-order valence-electron chi connectivity index (χ3n) is 4.67. The molecule has 0 bridgehead atoms. The Morgan fingerprint density at radius 3 is 2.38 bits per heavy atom. The van der Waals surface area contributed by atoms with Crippen LogP contribution in [0.25, 0.3) is 0 Å². The highest BCUT2D eigenvalue weighted by Gasteiger charge is 2.40. The number of carboxylic acids is 1. The minimum Gasteiger partial charge on any atom is -0.481 e. The van der Waals surface area contributed by atoms with E-state index in [2.05, 4.69) is 0 Å². The van der Waals surface area contributed by atoms with E-state index in [1.807, 2.05) is 6.92 Å². The zero-order valence-electron chi connectivity index (χ0n) is 12.7. The van der Waals surface area contributed by atoms with Gasteiger partial charge in [-0.1, -0.05) is 6.42 Å². The van der Waals surface area contributed by atoms with E-state index in [1.54, 1.807) is 0 Å². The predicted molar refractivity (Wildman–Crippen MR) is 78.6 cm³/mol. The first-order chi connectivity index (χ1) is 9.86. The number of nitrogens with two attached hydrogens (primary N) is 1. The van der Waals surface area contributed by atoms with Crippen LogP contribution in [0.2, 0.25) is 0 Å². The van der Waals surface area contributed by atoms with Gasteiger partial charge < -0.3 is 26.2 Å². The molecule has 0 aromatic carbocycles. The fourth-order valence-corrected chi connectivity index (χ4v) is 3.38. The highest BCUT2D eigenvalue weighted by atomic mass is 16.4. The molecule has 6 nitrogen and oxygen atoms in total. The van der Waals surface area contributed by atoms with Gasteiger partial charge in [0.15, 0.2) is 0 Å². The molecule has 0 saturated heterocycles. The standard InChI is InChI=1S/C15H29NO5/c1-9(16)3-2-4-10-5-6-11(7-13(18)19)12(8-17)15(21)14(10)20/h9-12,14-15,17,20-21H,2-8,16H2,1H3,(H,18,19). The van der Waals surface area contributed by atoms with E-state index in [0.29, 0.717) is 12.8 Å². The van der Waals surface area contributed by atoms with Crippen LogP contribution in [-0.4, -0.2) is 51.3 Å². The summed E-state index contributed by atoms with van der Waals surface area (Å²) < 4.78 is 0. The highest BCUT2D eigenvalue weighted by molar-refractivity contribution is 5.67. The second-order valence-electron chi connectivity index (χ2n) is 6.43. The zero-order valence-corrected chi connectivity index (χ0v) is 12.7. The minimum absolute atomic E-state index is 0.0633. The third kappa shape index (κ3) is 5.54. The summed E-state index contributed by atoms with van der Waals surface area (Å²) in [4.78, 5) is 10.9. The molecule has 6 unspecified atom stereocenters. The Kier molecular flexibility index (Phi) is 7.59. The fourth-order valence-electron chi connectivity index (χ4n) is 3.38. The van der Waals surface area contributed by atoms with Crippen molar-refractivity contribution in [1.29, 1.82) is 0 Å². The number of aliphatic hydroxyl groups is 3. The van der Waals surface area contributed by atoms with E-state index in [0.717, 1.165) is 19.3 Å². The first-order valence-electron chi connectivity index (χ1n) is 7.81. The Hall–Kier alpha value is -0.690. The lowest BCUT2D eigenvalue weighted by atomic mass is 9.83. The summed E-state index contributed by atoms with van der Waals surface area (Å²) in [5, 5.41) is 38.9. The number of carbonyl (C=O) groups is 1. The Bertz CT molecular complexity index is 323. The lowest BCUT2D eigenvalue weighted by Crippen LogP contribution is -2.41. The molecule has 1 fully saturated rings. The van der Waals surface area contributed by atoms with Gasteiger partial charge >= 0.3 is 5.97 Å². The maximum absolute atomic E-state index is 10.9. The van der Waals surface area contributed by atoms with Gasteiger partial charge in [-0.05, 0) is 44.4 Å². The lowest BCUT2D eigenvalue weighted by molar-refractivity contribution is -0.139. The fraction of sp³-hybridized carbons (Fsp3) is 0.933. The molecule has 124 valence electrons. The van der Waals surface area contributed by atoms with Crippen molar-refractivity contribution in [3.8, 4) is 0 Å². The number of aliphatic carboxylic acids is 1. The van der Waals surface area contributed by atoms with E-state index in [4.69, 9.17) is 10.8 Å². The van der Waals surface area contributed by atoms with Crippen molar-refractivity contribution in [2.45, 2.75) is 63.7 Å². The summed E-state index contributed by atoms with van der Waals surface area (Å²) in [6, 6.07) is 0.114. The van der Waals surface area contributed by atoms with Crippen molar-refractivity contribution in [3.63, 3.8) is 0 Å². The maximum Gasteiger partial charge on any atom is 0.303 e. The van der Waals surface area contributed by atoms with E-state index >= 15 is 0 Å². The van der Waals surface area contributed by atoms with Crippen LogP contribution < -0.4 is 5.73 Å². The molecular formula is C15H29NO5. The molecule has 1 saturated carbocycles. The van der Waals surface area contributed by atoms with E-state index in [-0.39, 0.29) is 30.9 Å². The van der Waals surface area contributed by atoms with Gasteiger partial charge in [0, 0.05) is 25.0 Å². The first kappa shape index (κ1) is 18.4. The number of rotatable bonds is 7. The Morgan fingerprint density at radius 1 is 1.24 bits per heavy atom. The molecule has 21 heavy (non-hydrogen) atoms. The van der Waals surface area contributed by atoms with Gasteiger partial charge in [0.1, 0.15) is 0 Å². The topological polar surface area (TPSA) is 124 Å². The molecule has 1 rings (SSSR count). The summed E-state index contributed by atoms with van der Waals surface area (Å²) in [6.07, 6.45) is 1.72. The van der Waals surface area contributed by atoms with Crippen LogP contribution in [-0.2, 0) is 4.79 Å². The lowest BCUT2D eigenvalue weighted by Gasteiger charge is -2.29. The molecular weight excluding hydrogens is 274 g/mol. The molecule has 0 radical (unpaired) electrons. The van der Waals surface area contributed by atoms with Gasteiger partial charge in [-0.3, -0.25) is 4.79 Å². The minimum atomic E-state index is -1.07. The van der Waals surface area contributed by atoms with Crippen molar-refractivity contribution in [1.82, 2.24) is 0 Å². The van der Waals surface area contributed by atoms with E-state index < -0.39 is 24.1 Å². The smallest absolute Gasteiger partial charge is 0.303 e. The largest absolute Gasteiger partial charge is 0.481 e. The normalized spacial score (nSPS) is 35.2. The second kappa shape index (κ2) is 8.68. The van der Waals surface area contributed by atoms with E-state index in [1.165, 1.54) is 0 Å². The predicted octanol–water partition coefficient (Wildman–Crippen LogP) is 0.335. The van der Waals surface area contributed by atoms with Gasteiger partial charge in [-0.15, -0.1) is 0 Å². The number of hydrogen-bond donors (Lipinski definition) is 5. The van der Waals surface area contributed by atoms with Crippen molar-refractivity contribution >= 4 is 5.97 Å². The van der Waals surface area contributed by atoms with Crippen LogP contribution in [0.3, 0.4) is 0 Å².